The van der Waals surface area contributed by atoms with Crippen molar-refractivity contribution in [3.8, 4) is 0 Å². The minimum Gasteiger partial charge on any atom is -0.394 e. The first kappa shape index (κ1) is 76.2. The molecule has 0 aromatic heterocycles. The summed E-state index contributed by atoms with van der Waals surface area (Å²) in [6.45, 7) is 3.81. The van der Waals surface area contributed by atoms with Gasteiger partial charge in [0.1, 0.15) is 24.4 Å². The maximum absolute atomic E-state index is 13.1. The number of ether oxygens (including phenoxy) is 2. The largest absolute Gasteiger partial charge is 0.394 e. The van der Waals surface area contributed by atoms with Crippen LogP contribution in [0.3, 0.4) is 0 Å². The maximum atomic E-state index is 13.1. The third kappa shape index (κ3) is 48.5. The van der Waals surface area contributed by atoms with E-state index >= 15 is 0 Å². The molecule has 1 saturated heterocycles. The average molecular weight is 1130 g/mol. The Hall–Kier alpha value is -1.85. The molecule has 6 N–H and O–H groups in total. The summed E-state index contributed by atoms with van der Waals surface area (Å²) in [6.07, 6.45) is 75.0. The first-order valence-electron chi connectivity index (χ1n) is 34.9. The van der Waals surface area contributed by atoms with Gasteiger partial charge in [-0.05, 0) is 57.8 Å². The zero-order chi connectivity index (χ0) is 57.9. The second-order valence-corrected chi connectivity index (χ2v) is 24.3. The molecule has 0 aromatic carbocycles. The van der Waals surface area contributed by atoms with E-state index in [0.29, 0.717) is 6.42 Å². The molecule has 0 radical (unpaired) electrons. The number of hydrogen-bond donors (Lipinski definition) is 6. The fraction of sp³-hybridized carbons (Fsp3) is 0.873. The number of nitrogens with one attached hydrogen (secondary N) is 1. The number of carbonyl (C=O) groups excluding carboxylic acids is 1. The molecule has 0 bridgehead atoms. The fourth-order valence-electron chi connectivity index (χ4n) is 11.2. The Morgan fingerprint density at radius 1 is 0.425 bits per heavy atom. The van der Waals surface area contributed by atoms with Crippen LogP contribution in [0.25, 0.3) is 0 Å². The van der Waals surface area contributed by atoms with Gasteiger partial charge in [0.25, 0.3) is 0 Å². The Kier molecular flexibility index (Phi) is 57.4. The lowest BCUT2D eigenvalue weighted by Gasteiger charge is -2.40. The standard InChI is InChI=1S/C71H133NO8/c1-3-5-7-9-11-13-15-17-19-21-23-25-27-29-30-31-32-33-34-35-37-38-40-42-44-46-48-50-52-54-56-58-60-65(74)64(63-79-71-70(78)69(77)68(76)66(62-73)80-71)72-67(75)61-59-57-55-53-51-49-47-45-43-41-39-36-28-26-24-22-20-18-16-14-12-10-8-6-4-2/h16,18,22,24,28,36,58,60,64-66,68-71,73-74,76-78H,3-15,17,19-21,23,25-27,29-35,37-57,59,61-63H2,1-2H3,(H,72,75)/b18-16-,24-22-,36-28-,60-58+. The van der Waals surface area contributed by atoms with Crippen LogP contribution in [0.1, 0.15) is 341 Å². The molecule has 0 aliphatic carbocycles. The Balaban J connectivity index is 2.14. The molecule has 0 aromatic rings. The van der Waals surface area contributed by atoms with E-state index in [9.17, 15) is 30.3 Å². The quantitative estimate of drug-likeness (QED) is 0.0261. The van der Waals surface area contributed by atoms with Gasteiger partial charge in [0.15, 0.2) is 6.29 Å². The third-order valence-corrected chi connectivity index (χ3v) is 16.6. The Morgan fingerprint density at radius 3 is 1.09 bits per heavy atom. The van der Waals surface area contributed by atoms with Gasteiger partial charge in [0.05, 0.1) is 25.4 Å². The van der Waals surface area contributed by atoms with E-state index in [1.54, 1.807) is 6.08 Å². The van der Waals surface area contributed by atoms with Crippen LogP contribution < -0.4 is 5.32 Å². The van der Waals surface area contributed by atoms with Gasteiger partial charge in [0.2, 0.25) is 5.91 Å². The Bertz CT molecular complexity index is 1400. The lowest BCUT2D eigenvalue weighted by atomic mass is 9.99. The van der Waals surface area contributed by atoms with Crippen molar-refractivity contribution in [2.45, 2.75) is 384 Å². The number of unbranched alkanes of at least 4 members (excludes halogenated alkanes) is 45. The van der Waals surface area contributed by atoms with Crippen molar-refractivity contribution in [3.63, 3.8) is 0 Å². The van der Waals surface area contributed by atoms with Crippen LogP contribution in [-0.4, -0.2) is 87.5 Å². The van der Waals surface area contributed by atoms with Crippen LogP contribution in [0, 0.1) is 0 Å². The summed E-state index contributed by atoms with van der Waals surface area (Å²) < 4.78 is 11.3. The second-order valence-electron chi connectivity index (χ2n) is 24.3. The van der Waals surface area contributed by atoms with Gasteiger partial charge in [-0.2, -0.15) is 0 Å². The normalized spacial score (nSPS) is 18.7. The lowest BCUT2D eigenvalue weighted by Crippen LogP contribution is -2.60. The van der Waals surface area contributed by atoms with Gasteiger partial charge < -0.3 is 40.3 Å². The summed E-state index contributed by atoms with van der Waals surface area (Å²) in [7, 11) is 0. The molecule has 1 fully saturated rings. The first-order chi connectivity index (χ1) is 39.3. The Morgan fingerprint density at radius 2 is 0.738 bits per heavy atom. The van der Waals surface area contributed by atoms with Crippen LogP contribution in [0.2, 0.25) is 0 Å². The van der Waals surface area contributed by atoms with Crippen molar-refractivity contribution >= 4 is 5.91 Å². The van der Waals surface area contributed by atoms with Gasteiger partial charge in [-0.15, -0.1) is 0 Å². The fourth-order valence-corrected chi connectivity index (χ4v) is 11.2. The number of hydrogen-bond acceptors (Lipinski definition) is 8. The number of aliphatic hydroxyl groups is 5. The molecule has 7 unspecified atom stereocenters. The van der Waals surface area contributed by atoms with Gasteiger partial charge in [-0.3, -0.25) is 4.79 Å². The molecule has 0 spiro atoms. The molecule has 9 nitrogen and oxygen atoms in total. The molecule has 1 aliphatic heterocycles. The smallest absolute Gasteiger partial charge is 0.220 e. The molecule has 1 heterocycles. The maximum Gasteiger partial charge on any atom is 0.220 e. The van der Waals surface area contributed by atoms with E-state index in [4.69, 9.17) is 9.47 Å². The zero-order valence-corrected chi connectivity index (χ0v) is 52.6. The molecular formula is C71H133NO8. The predicted octanol–water partition coefficient (Wildman–Crippen LogP) is 18.8. The number of aliphatic hydroxyl groups excluding tert-OH is 5. The van der Waals surface area contributed by atoms with Gasteiger partial charge in [0, 0.05) is 6.42 Å². The summed E-state index contributed by atoms with van der Waals surface area (Å²) in [6, 6.07) is -0.810. The monoisotopic (exact) mass is 1130 g/mol. The zero-order valence-electron chi connectivity index (χ0n) is 52.6. The number of carbonyl (C=O) groups is 1. The first-order valence-corrected chi connectivity index (χ1v) is 34.9. The van der Waals surface area contributed by atoms with Gasteiger partial charge >= 0.3 is 0 Å². The van der Waals surface area contributed by atoms with Crippen molar-refractivity contribution < 1.29 is 39.8 Å². The topological polar surface area (TPSA) is 149 Å². The molecule has 9 heteroatoms. The number of allylic oxidation sites excluding steroid dienone is 7. The highest BCUT2D eigenvalue weighted by Gasteiger charge is 2.44. The average Bonchev–Trinajstić information content (AvgIpc) is 3.46. The molecule has 1 aliphatic rings. The predicted molar refractivity (Wildman–Crippen MR) is 341 cm³/mol. The van der Waals surface area contributed by atoms with Crippen molar-refractivity contribution in [2.24, 2.45) is 0 Å². The van der Waals surface area contributed by atoms with E-state index in [2.05, 4.69) is 55.6 Å². The van der Waals surface area contributed by atoms with E-state index in [1.165, 1.54) is 270 Å². The summed E-state index contributed by atoms with van der Waals surface area (Å²) >= 11 is 0. The molecular weight excluding hydrogens is 995 g/mol. The van der Waals surface area contributed by atoms with E-state index in [0.717, 1.165) is 51.4 Å². The molecule has 80 heavy (non-hydrogen) atoms. The van der Waals surface area contributed by atoms with E-state index in [-0.39, 0.29) is 12.5 Å². The summed E-state index contributed by atoms with van der Waals surface area (Å²) in [5, 5.41) is 54.8. The van der Waals surface area contributed by atoms with Gasteiger partial charge in [-0.25, -0.2) is 0 Å². The summed E-state index contributed by atoms with van der Waals surface area (Å²) in [4.78, 5) is 13.1. The van der Waals surface area contributed by atoms with Crippen LogP contribution in [0.15, 0.2) is 48.6 Å². The molecule has 0 saturated carbocycles. The highest BCUT2D eigenvalue weighted by molar-refractivity contribution is 5.76. The van der Waals surface area contributed by atoms with Crippen LogP contribution >= 0.6 is 0 Å². The van der Waals surface area contributed by atoms with E-state index in [1.807, 2.05) is 6.08 Å². The number of rotatable bonds is 61. The van der Waals surface area contributed by atoms with Crippen LogP contribution in [0.5, 0.6) is 0 Å². The van der Waals surface area contributed by atoms with Gasteiger partial charge in [-0.1, -0.05) is 326 Å². The van der Waals surface area contributed by atoms with Crippen molar-refractivity contribution in [1.82, 2.24) is 5.32 Å². The van der Waals surface area contributed by atoms with Crippen LogP contribution in [0.4, 0.5) is 0 Å². The summed E-state index contributed by atoms with van der Waals surface area (Å²) in [5.74, 6) is -0.177. The highest BCUT2D eigenvalue weighted by atomic mass is 16.7. The third-order valence-electron chi connectivity index (χ3n) is 16.6. The Labute approximate surface area is 494 Å². The van der Waals surface area contributed by atoms with Crippen molar-refractivity contribution in [1.29, 1.82) is 0 Å². The summed E-state index contributed by atoms with van der Waals surface area (Å²) in [5.41, 5.74) is 0. The minimum absolute atomic E-state index is 0.177. The second kappa shape index (κ2) is 60.3. The molecule has 1 amide bonds. The molecule has 7 atom stereocenters. The number of amides is 1. The van der Waals surface area contributed by atoms with E-state index < -0.39 is 49.5 Å². The van der Waals surface area contributed by atoms with Crippen molar-refractivity contribution in [2.75, 3.05) is 13.2 Å². The lowest BCUT2D eigenvalue weighted by molar-refractivity contribution is -0.302. The van der Waals surface area contributed by atoms with Crippen LogP contribution in [-0.2, 0) is 14.3 Å². The molecule has 470 valence electrons. The molecule has 1 rings (SSSR count). The minimum atomic E-state index is -1.57. The SMILES string of the molecule is CCCCCCC/C=C\C/C=C\C/C=C\CCCCCCCCCCCCC(=O)NC(COC1OC(CO)C(O)C(O)C1O)C(O)/C=C/CCCCCCCCCCCCCCCCCCCCCCCCCCCCCCCC. The highest BCUT2D eigenvalue weighted by Crippen LogP contribution is 2.23. The van der Waals surface area contributed by atoms with Crippen molar-refractivity contribution in [3.05, 3.63) is 48.6 Å².